The van der Waals surface area contributed by atoms with Crippen LogP contribution in [0.4, 0.5) is 5.95 Å². The van der Waals surface area contributed by atoms with Crippen LogP contribution in [0, 0.1) is 0 Å². The molecule has 0 fully saturated rings. The van der Waals surface area contributed by atoms with Gasteiger partial charge in [-0.2, -0.15) is 4.68 Å². The molecule has 0 saturated heterocycles. The fourth-order valence-corrected chi connectivity index (χ4v) is 3.54. The lowest BCUT2D eigenvalue weighted by Gasteiger charge is -2.31. The zero-order valence-electron chi connectivity index (χ0n) is 11.4. The van der Waals surface area contributed by atoms with Gasteiger partial charge in [0, 0.05) is 33.3 Å². The molecule has 1 atom stereocenters. The van der Waals surface area contributed by atoms with Crippen molar-refractivity contribution in [3.63, 3.8) is 0 Å². The van der Waals surface area contributed by atoms with E-state index in [2.05, 4.69) is 20.8 Å². The van der Waals surface area contributed by atoms with E-state index in [1.165, 1.54) is 0 Å². The first-order valence-electron chi connectivity index (χ1n) is 6.91. The van der Waals surface area contributed by atoms with E-state index in [0.29, 0.717) is 28.0 Å². The van der Waals surface area contributed by atoms with Gasteiger partial charge in [0.25, 0.3) is 0 Å². The van der Waals surface area contributed by atoms with Gasteiger partial charge in [-0.25, -0.2) is 0 Å². The Labute approximate surface area is 136 Å². The number of Topliss-reactive ketones (excluding diaryl/α,β-unsaturated/α-hetero) is 1. The molecule has 2 heterocycles. The number of fused-ring (bicyclic) bond motifs is 1. The average Bonchev–Trinajstić information content (AvgIpc) is 2.94. The highest BCUT2D eigenvalue weighted by molar-refractivity contribution is 6.35. The molecule has 0 bridgehead atoms. The summed E-state index contributed by atoms with van der Waals surface area (Å²) in [4.78, 5) is 12.5. The summed E-state index contributed by atoms with van der Waals surface area (Å²) in [5.74, 6) is 0.621. The molecule has 0 saturated carbocycles. The number of aromatic nitrogens is 4. The summed E-state index contributed by atoms with van der Waals surface area (Å²) in [6, 6.07) is 4.82. The second-order valence-corrected chi connectivity index (χ2v) is 6.15. The summed E-state index contributed by atoms with van der Waals surface area (Å²) in [7, 11) is 0. The van der Waals surface area contributed by atoms with Crippen molar-refractivity contribution < 1.29 is 4.79 Å². The smallest absolute Gasteiger partial charge is 0.248 e. The summed E-state index contributed by atoms with van der Waals surface area (Å²) in [6.07, 6.45) is 2.16. The number of hydrogen-bond acceptors (Lipinski definition) is 5. The number of benzene rings is 1. The van der Waals surface area contributed by atoms with Gasteiger partial charge < -0.3 is 5.32 Å². The van der Waals surface area contributed by atoms with Crippen LogP contribution in [0.2, 0.25) is 10.0 Å². The Hall–Kier alpha value is -1.92. The zero-order valence-corrected chi connectivity index (χ0v) is 12.9. The first-order chi connectivity index (χ1) is 10.6. The predicted octanol–water partition coefficient (Wildman–Crippen LogP) is 3.00. The van der Waals surface area contributed by atoms with E-state index in [0.717, 1.165) is 24.1 Å². The highest BCUT2D eigenvalue weighted by Gasteiger charge is 2.37. The SMILES string of the molecule is O=C1CCCC2=C1[C@@H](c1ccc(Cl)cc1Cl)n1nnnc1N2. The van der Waals surface area contributed by atoms with Gasteiger partial charge in [0.05, 0.1) is 0 Å². The van der Waals surface area contributed by atoms with E-state index in [1.807, 2.05) is 6.07 Å². The molecule has 2 aliphatic rings. The summed E-state index contributed by atoms with van der Waals surface area (Å²) >= 11 is 12.3. The van der Waals surface area contributed by atoms with Crippen molar-refractivity contribution in [2.75, 3.05) is 5.32 Å². The monoisotopic (exact) mass is 335 g/mol. The van der Waals surface area contributed by atoms with Crippen molar-refractivity contribution in [3.8, 4) is 0 Å². The maximum atomic E-state index is 12.5. The van der Waals surface area contributed by atoms with Crippen LogP contribution in [0.15, 0.2) is 29.5 Å². The lowest BCUT2D eigenvalue weighted by molar-refractivity contribution is -0.116. The molecule has 112 valence electrons. The molecule has 4 rings (SSSR count). The summed E-state index contributed by atoms with van der Waals surface area (Å²) in [5.41, 5.74) is 2.34. The minimum Gasteiger partial charge on any atom is -0.326 e. The van der Waals surface area contributed by atoms with E-state index in [-0.39, 0.29) is 5.78 Å². The molecule has 1 N–H and O–H groups in total. The highest BCUT2D eigenvalue weighted by atomic mass is 35.5. The van der Waals surface area contributed by atoms with Crippen LogP contribution in [-0.2, 0) is 4.79 Å². The molecule has 1 aliphatic heterocycles. The number of allylic oxidation sites excluding steroid dienone is 2. The molecule has 6 nitrogen and oxygen atoms in total. The molecule has 2 aromatic rings. The van der Waals surface area contributed by atoms with Gasteiger partial charge in [0.15, 0.2) is 5.78 Å². The first kappa shape index (κ1) is 13.7. The largest absolute Gasteiger partial charge is 0.326 e. The van der Waals surface area contributed by atoms with Crippen LogP contribution >= 0.6 is 23.2 Å². The van der Waals surface area contributed by atoms with Gasteiger partial charge in [-0.05, 0) is 35.4 Å². The van der Waals surface area contributed by atoms with Crippen LogP contribution in [-0.4, -0.2) is 26.0 Å². The third-order valence-corrected chi connectivity index (χ3v) is 4.55. The summed E-state index contributed by atoms with van der Waals surface area (Å²) < 4.78 is 1.59. The van der Waals surface area contributed by atoms with Gasteiger partial charge in [-0.1, -0.05) is 34.4 Å². The van der Waals surface area contributed by atoms with Crippen LogP contribution in [0.5, 0.6) is 0 Å². The standard InChI is InChI=1S/C14H11Cl2N5O/c15-7-4-5-8(9(16)6-7)13-12-10(2-1-3-11(12)22)17-14-18-19-20-21(13)14/h4-6,13H,1-3H2,(H,17,18,20)/t13-/m1/s1. The van der Waals surface area contributed by atoms with Crippen LogP contribution in [0.1, 0.15) is 30.9 Å². The maximum absolute atomic E-state index is 12.5. The van der Waals surface area contributed by atoms with Crippen LogP contribution < -0.4 is 5.32 Å². The molecular formula is C14H11Cl2N5O. The number of halogens is 2. The first-order valence-corrected chi connectivity index (χ1v) is 7.67. The summed E-state index contributed by atoms with van der Waals surface area (Å²) in [5, 5.41) is 15.9. The Morgan fingerprint density at radius 3 is 2.95 bits per heavy atom. The molecule has 0 spiro atoms. The quantitative estimate of drug-likeness (QED) is 0.867. The average molecular weight is 336 g/mol. The van der Waals surface area contributed by atoms with E-state index in [9.17, 15) is 4.79 Å². The number of anilines is 1. The minimum atomic E-state index is -0.418. The molecule has 8 heteroatoms. The number of nitrogens with one attached hydrogen (secondary N) is 1. The summed E-state index contributed by atoms with van der Waals surface area (Å²) in [6.45, 7) is 0. The predicted molar refractivity (Wildman–Crippen MR) is 81.9 cm³/mol. The fourth-order valence-electron chi connectivity index (χ4n) is 3.03. The Morgan fingerprint density at radius 1 is 1.27 bits per heavy atom. The van der Waals surface area contributed by atoms with Crippen LogP contribution in [0.25, 0.3) is 0 Å². The second kappa shape index (κ2) is 5.07. The van der Waals surface area contributed by atoms with E-state index < -0.39 is 6.04 Å². The number of tetrazole rings is 1. The minimum absolute atomic E-state index is 0.103. The Morgan fingerprint density at radius 2 is 2.14 bits per heavy atom. The number of ketones is 1. The van der Waals surface area contributed by atoms with Gasteiger partial charge in [-0.3, -0.25) is 4.79 Å². The normalized spacial score (nSPS) is 20.5. The number of carbonyl (C=O) groups is 1. The van der Waals surface area contributed by atoms with Gasteiger partial charge in [0.1, 0.15) is 6.04 Å². The van der Waals surface area contributed by atoms with Crippen molar-refractivity contribution in [3.05, 3.63) is 45.1 Å². The lowest BCUT2D eigenvalue weighted by atomic mass is 9.85. The Bertz CT molecular complexity index is 813. The molecule has 0 radical (unpaired) electrons. The van der Waals surface area contributed by atoms with E-state index >= 15 is 0 Å². The maximum Gasteiger partial charge on any atom is 0.248 e. The van der Waals surface area contributed by atoms with E-state index in [1.54, 1.807) is 16.8 Å². The topological polar surface area (TPSA) is 72.7 Å². The van der Waals surface area contributed by atoms with Gasteiger partial charge >= 0.3 is 0 Å². The number of carbonyl (C=O) groups excluding carboxylic acids is 1. The van der Waals surface area contributed by atoms with Crippen molar-refractivity contribution >= 4 is 34.9 Å². The third kappa shape index (κ3) is 2.02. The van der Waals surface area contributed by atoms with E-state index in [4.69, 9.17) is 23.2 Å². The Balaban J connectivity index is 1.95. The number of nitrogens with zero attached hydrogens (tertiary/aromatic N) is 4. The highest BCUT2D eigenvalue weighted by Crippen LogP contribution is 2.41. The van der Waals surface area contributed by atoms with Crippen LogP contribution in [0.3, 0.4) is 0 Å². The molecule has 1 aromatic carbocycles. The van der Waals surface area contributed by atoms with Gasteiger partial charge in [-0.15, -0.1) is 0 Å². The lowest BCUT2D eigenvalue weighted by Crippen LogP contribution is -2.31. The molecule has 0 amide bonds. The molecule has 1 aromatic heterocycles. The van der Waals surface area contributed by atoms with Crippen molar-refractivity contribution in [2.45, 2.75) is 25.3 Å². The molecular weight excluding hydrogens is 325 g/mol. The van der Waals surface area contributed by atoms with Gasteiger partial charge in [0.2, 0.25) is 5.95 Å². The number of rotatable bonds is 1. The fraction of sp³-hybridized carbons (Fsp3) is 0.286. The molecule has 22 heavy (non-hydrogen) atoms. The second-order valence-electron chi connectivity index (χ2n) is 5.31. The number of hydrogen-bond donors (Lipinski definition) is 1. The zero-order chi connectivity index (χ0) is 15.3. The third-order valence-electron chi connectivity index (χ3n) is 3.99. The van der Waals surface area contributed by atoms with Crippen molar-refractivity contribution in [1.82, 2.24) is 20.2 Å². The van der Waals surface area contributed by atoms with Crippen molar-refractivity contribution in [1.29, 1.82) is 0 Å². The van der Waals surface area contributed by atoms with Crippen molar-refractivity contribution in [2.24, 2.45) is 0 Å². The Kier molecular flexibility index (Phi) is 3.16. The molecule has 1 aliphatic carbocycles. The molecule has 0 unspecified atom stereocenters.